The second-order valence-corrected chi connectivity index (χ2v) is 4.28. The highest BCUT2D eigenvalue weighted by molar-refractivity contribution is 5.01. The first kappa shape index (κ1) is 9.02. The smallest absolute Gasteiger partial charge is 0.158 e. The van der Waals surface area contributed by atoms with Crippen molar-refractivity contribution in [3.63, 3.8) is 0 Å². The van der Waals surface area contributed by atoms with Crippen LogP contribution in [0, 0.1) is 0 Å². The summed E-state index contributed by atoms with van der Waals surface area (Å²) in [7, 11) is 0. The first-order valence-electron chi connectivity index (χ1n) is 5.09. The third kappa shape index (κ3) is 1.35. The number of hydrogen-bond acceptors (Lipinski definition) is 6. The number of nitrogens with two attached hydrogens (primary N) is 1. The summed E-state index contributed by atoms with van der Waals surface area (Å²) in [4.78, 5) is 0. The molecule has 0 aromatic rings. The highest BCUT2D eigenvalue weighted by Gasteiger charge is 2.45. The summed E-state index contributed by atoms with van der Waals surface area (Å²) < 4.78 is 5.31. The van der Waals surface area contributed by atoms with Gasteiger partial charge in [-0.3, -0.25) is 10.6 Å². The number of piperazine rings is 1. The number of fused-ring (bicyclic) bond motifs is 2. The van der Waals surface area contributed by atoms with E-state index in [4.69, 9.17) is 10.5 Å². The summed E-state index contributed by atoms with van der Waals surface area (Å²) in [5.41, 5.74) is 5.79. The highest BCUT2D eigenvalue weighted by Crippen LogP contribution is 2.24. The molecular weight excluding hydrogens is 184 g/mol. The van der Waals surface area contributed by atoms with Crippen molar-refractivity contribution in [1.29, 1.82) is 0 Å². The summed E-state index contributed by atoms with van der Waals surface area (Å²) in [5, 5.41) is 19.3. The van der Waals surface area contributed by atoms with Crippen molar-refractivity contribution in [1.82, 2.24) is 16.0 Å². The molecule has 0 aliphatic carbocycles. The standard InChI is InChI=1S/C8H16N4O2/c9-5-1-3-7(11-5)12-8-4(10-3)2-6(13)14-8/h3-8,10-13H,1-2,9H2. The van der Waals surface area contributed by atoms with Crippen LogP contribution >= 0.6 is 0 Å². The molecule has 6 heteroatoms. The topological polar surface area (TPSA) is 91.6 Å². The second-order valence-electron chi connectivity index (χ2n) is 4.28. The molecule has 3 aliphatic rings. The molecule has 6 nitrogen and oxygen atoms in total. The monoisotopic (exact) mass is 200 g/mol. The summed E-state index contributed by atoms with van der Waals surface area (Å²) in [6.45, 7) is 0. The van der Waals surface area contributed by atoms with E-state index in [2.05, 4.69) is 16.0 Å². The minimum Gasteiger partial charge on any atom is -0.368 e. The molecule has 0 spiro atoms. The van der Waals surface area contributed by atoms with Gasteiger partial charge in [0.1, 0.15) is 6.23 Å². The zero-order valence-electron chi connectivity index (χ0n) is 7.81. The van der Waals surface area contributed by atoms with E-state index in [1.807, 2.05) is 0 Å². The van der Waals surface area contributed by atoms with E-state index in [9.17, 15) is 5.11 Å². The Morgan fingerprint density at radius 2 is 2.00 bits per heavy atom. The normalized spacial score (nSPS) is 57.0. The van der Waals surface area contributed by atoms with Crippen LogP contribution in [0.5, 0.6) is 0 Å². The van der Waals surface area contributed by atoms with Gasteiger partial charge in [-0.1, -0.05) is 0 Å². The van der Waals surface area contributed by atoms with Crippen molar-refractivity contribution < 1.29 is 9.84 Å². The SMILES string of the molecule is NC1CC2NC3CC(O)OC3NC2N1. The molecule has 0 amide bonds. The zero-order valence-corrected chi connectivity index (χ0v) is 7.81. The minimum atomic E-state index is -0.641. The zero-order chi connectivity index (χ0) is 9.71. The summed E-state index contributed by atoms with van der Waals surface area (Å²) in [6, 6.07) is 0.554. The predicted octanol–water partition coefficient (Wildman–Crippen LogP) is -2.41. The van der Waals surface area contributed by atoms with Gasteiger partial charge in [0.25, 0.3) is 0 Å². The molecule has 3 aliphatic heterocycles. The first-order chi connectivity index (χ1) is 6.72. The Kier molecular flexibility index (Phi) is 2.01. The molecule has 14 heavy (non-hydrogen) atoms. The average molecular weight is 200 g/mol. The molecule has 0 saturated carbocycles. The van der Waals surface area contributed by atoms with Crippen molar-refractivity contribution in [2.75, 3.05) is 0 Å². The van der Waals surface area contributed by atoms with Crippen LogP contribution in [0.4, 0.5) is 0 Å². The van der Waals surface area contributed by atoms with Crippen LogP contribution in [0.1, 0.15) is 12.8 Å². The third-order valence-electron chi connectivity index (χ3n) is 3.20. The highest BCUT2D eigenvalue weighted by atomic mass is 16.6. The quantitative estimate of drug-likeness (QED) is 0.299. The molecule has 0 bridgehead atoms. The van der Waals surface area contributed by atoms with E-state index in [0.29, 0.717) is 12.5 Å². The summed E-state index contributed by atoms with van der Waals surface area (Å²) in [6.07, 6.45) is 1.04. The maximum Gasteiger partial charge on any atom is 0.158 e. The molecule has 0 aromatic carbocycles. The van der Waals surface area contributed by atoms with Gasteiger partial charge in [-0.05, 0) is 6.42 Å². The van der Waals surface area contributed by atoms with Gasteiger partial charge < -0.3 is 20.9 Å². The van der Waals surface area contributed by atoms with Gasteiger partial charge in [0, 0.05) is 12.5 Å². The molecule has 6 N–H and O–H groups in total. The van der Waals surface area contributed by atoms with Crippen LogP contribution in [0.15, 0.2) is 0 Å². The first-order valence-corrected chi connectivity index (χ1v) is 5.09. The van der Waals surface area contributed by atoms with Crippen molar-refractivity contribution in [2.45, 2.75) is 49.8 Å². The van der Waals surface area contributed by atoms with E-state index in [1.165, 1.54) is 0 Å². The Morgan fingerprint density at radius 1 is 1.14 bits per heavy atom. The molecule has 3 rings (SSSR count). The largest absolute Gasteiger partial charge is 0.368 e. The molecule has 80 valence electrons. The molecule has 3 saturated heterocycles. The summed E-state index contributed by atoms with van der Waals surface area (Å²) in [5.74, 6) is 0. The maximum absolute atomic E-state index is 9.33. The fourth-order valence-corrected chi connectivity index (χ4v) is 2.58. The van der Waals surface area contributed by atoms with Crippen LogP contribution in [-0.4, -0.2) is 42.0 Å². The number of ether oxygens (including phenoxy) is 1. The van der Waals surface area contributed by atoms with Gasteiger partial charge in [0.2, 0.25) is 0 Å². The number of aliphatic hydroxyl groups is 1. The van der Waals surface area contributed by atoms with Gasteiger partial charge in [-0.2, -0.15) is 0 Å². The Hall–Kier alpha value is -0.240. The third-order valence-corrected chi connectivity index (χ3v) is 3.20. The van der Waals surface area contributed by atoms with E-state index < -0.39 is 6.29 Å². The van der Waals surface area contributed by atoms with Crippen LogP contribution < -0.4 is 21.7 Å². The number of aliphatic hydroxyl groups excluding tert-OH is 1. The number of rotatable bonds is 0. The van der Waals surface area contributed by atoms with Crippen LogP contribution in [0.2, 0.25) is 0 Å². The minimum absolute atomic E-state index is 0.0498. The summed E-state index contributed by atoms with van der Waals surface area (Å²) >= 11 is 0. The maximum atomic E-state index is 9.33. The van der Waals surface area contributed by atoms with Crippen molar-refractivity contribution in [3.05, 3.63) is 0 Å². The molecule has 0 radical (unpaired) electrons. The Labute approximate surface area is 82.2 Å². The Balaban J connectivity index is 1.71. The van der Waals surface area contributed by atoms with E-state index in [-0.39, 0.29) is 24.6 Å². The Morgan fingerprint density at radius 3 is 2.86 bits per heavy atom. The lowest BCUT2D eigenvalue weighted by Gasteiger charge is -2.35. The number of nitrogens with one attached hydrogen (secondary N) is 3. The average Bonchev–Trinajstić information content (AvgIpc) is 2.59. The van der Waals surface area contributed by atoms with Crippen molar-refractivity contribution in [3.8, 4) is 0 Å². The number of hydrogen-bond donors (Lipinski definition) is 5. The fourth-order valence-electron chi connectivity index (χ4n) is 2.58. The molecular formula is C8H16N4O2. The van der Waals surface area contributed by atoms with Crippen molar-refractivity contribution >= 4 is 0 Å². The van der Waals surface area contributed by atoms with Gasteiger partial charge in [0.15, 0.2) is 6.29 Å². The molecule has 0 aromatic heterocycles. The molecule has 6 unspecified atom stereocenters. The molecule has 6 atom stereocenters. The van der Waals surface area contributed by atoms with E-state index in [1.54, 1.807) is 0 Å². The fraction of sp³-hybridized carbons (Fsp3) is 1.00. The molecule has 3 heterocycles. The van der Waals surface area contributed by atoms with Crippen LogP contribution in [0.3, 0.4) is 0 Å². The van der Waals surface area contributed by atoms with Crippen LogP contribution in [-0.2, 0) is 4.74 Å². The molecule has 3 fully saturated rings. The Bertz CT molecular complexity index is 195. The van der Waals surface area contributed by atoms with Gasteiger partial charge in [-0.25, -0.2) is 0 Å². The second kappa shape index (κ2) is 3.13. The lowest BCUT2D eigenvalue weighted by atomic mass is 10.1. The lowest BCUT2D eigenvalue weighted by Crippen LogP contribution is -2.65. The van der Waals surface area contributed by atoms with Gasteiger partial charge in [0.05, 0.1) is 18.4 Å². The van der Waals surface area contributed by atoms with E-state index >= 15 is 0 Å². The van der Waals surface area contributed by atoms with Gasteiger partial charge in [-0.15, -0.1) is 0 Å². The van der Waals surface area contributed by atoms with Crippen LogP contribution in [0.25, 0.3) is 0 Å². The van der Waals surface area contributed by atoms with Gasteiger partial charge >= 0.3 is 0 Å². The van der Waals surface area contributed by atoms with Crippen molar-refractivity contribution in [2.24, 2.45) is 5.73 Å². The predicted molar refractivity (Wildman–Crippen MR) is 48.9 cm³/mol. The lowest BCUT2D eigenvalue weighted by molar-refractivity contribution is -0.107. The van der Waals surface area contributed by atoms with E-state index in [0.717, 1.165) is 6.42 Å².